The van der Waals surface area contributed by atoms with Gasteiger partial charge in [0.1, 0.15) is 5.15 Å². The number of hydrogen-bond donors (Lipinski definition) is 0. The van der Waals surface area contributed by atoms with Gasteiger partial charge in [0.05, 0.1) is 11.7 Å². The zero-order valence-electron chi connectivity index (χ0n) is 13.0. The largest absolute Gasteiger partial charge is 0.337 e. The van der Waals surface area contributed by atoms with Crippen LogP contribution in [0.4, 0.5) is 0 Å². The van der Waals surface area contributed by atoms with E-state index in [9.17, 15) is 4.79 Å². The number of fused-ring (bicyclic) bond motifs is 1. The summed E-state index contributed by atoms with van der Waals surface area (Å²) in [5.74, 6) is 0.266. The molecule has 5 nitrogen and oxygen atoms in total. The third-order valence-electron chi connectivity index (χ3n) is 4.86. The zero-order valence-corrected chi connectivity index (χ0v) is 13.7. The Kier molecular flexibility index (Phi) is 3.97. The van der Waals surface area contributed by atoms with Crippen LogP contribution < -0.4 is 0 Å². The molecule has 21 heavy (non-hydrogen) atoms. The van der Waals surface area contributed by atoms with Crippen LogP contribution in [0.1, 0.15) is 37.9 Å². The fourth-order valence-electron chi connectivity index (χ4n) is 3.59. The Labute approximate surface area is 130 Å². The summed E-state index contributed by atoms with van der Waals surface area (Å²) in [7, 11) is 1.87. The Morgan fingerprint density at radius 1 is 1.43 bits per heavy atom. The van der Waals surface area contributed by atoms with Crippen LogP contribution in [0, 0.1) is 0 Å². The quantitative estimate of drug-likeness (QED) is 0.855. The summed E-state index contributed by atoms with van der Waals surface area (Å²) in [6.07, 6.45) is 3.11. The van der Waals surface area contributed by atoms with Gasteiger partial charge in [0.2, 0.25) is 5.91 Å². The first-order valence-corrected chi connectivity index (χ1v) is 8.15. The Balaban J connectivity index is 1.83. The molecule has 3 heterocycles. The van der Waals surface area contributed by atoms with E-state index < -0.39 is 0 Å². The monoisotopic (exact) mass is 310 g/mol. The molecule has 1 amide bonds. The van der Waals surface area contributed by atoms with Crippen LogP contribution in [0.2, 0.25) is 5.15 Å². The van der Waals surface area contributed by atoms with Gasteiger partial charge < -0.3 is 4.90 Å². The van der Waals surface area contributed by atoms with Gasteiger partial charge in [-0.05, 0) is 26.2 Å². The van der Waals surface area contributed by atoms with Crippen LogP contribution in [0.25, 0.3) is 0 Å². The molecule has 2 saturated heterocycles. The predicted molar refractivity (Wildman–Crippen MR) is 82.2 cm³/mol. The van der Waals surface area contributed by atoms with Crippen LogP contribution in [0.15, 0.2) is 0 Å². The van der Waals surface area contributed by atoms with Gasteiger partial charge in [0, 0.05) is 38.3 Å². The number of halogens is 1. The lowest BCUT2D eigenvalue weighted by Crippen LogP contribution is -2.58. The van der Waals surface area contributed by atoms with Crippen molar-refractivity contribution in [3.8, 4) is 0 Å². The molecule has 1 aromatic heterocycles. The number of carbonyl (C=O) groups excluding carboxylic acids is 1. The van der Waals surface area contributed by atoms with Gasteiger partial charge in [-0.2, -0.15) is 5.10 Å². The summed E-state index contributed by atoms with van der Waals surface area (Å²) in [5.41, 5.74) is 2.11. The van der Waals surface area contributed by atoms with Crippen LogP contribution in [-0.4, -0.2) is 50.7 Å². The highest BCUT2D eigenvalue weighted by Crippen LogP contribution is 2.29. The molecule has 2 aliphatic rings. The second-order valence-corrected chi connectivity index (χ2v) is 6.48. The Hall–Kier alpha value is -1.07. The van der Waals surface area contributed by atoms with Gasteiger partial charge >= 0.3 is 0 Å². The topological polar surface area (TPSA) is 41.4 Å². The lowest BCUT2D eigenvalue weighted by atomic mass is 10.1. The lowest BCUT2D eigenvalue weighted by Gasteiger charge is -2.41. The van der Waals surface area contributed by atoms with E-state index in [0.717, 1.165) is 43.6 Å². The highest BCUT2D eigenvalue weighted by atomic mass is 35.5. The van der Waals surface area contributed by atoms with Gasteiger partial charge in [0.15, 0.2) is 0 Å². The van der Waals surface area contributed by atoms with Gasteiger partial charge in [0.25, 0.3) is 0 Å². The Morgan fingerprint density at radius 3 is 2.90 bits per heavy atom. The maximum Gasteiger partial charge on any atom is 0.239 e. The molecule has 0 radical (unpaired) electrons. The number of amides is 1. The van der Waals surface area contributed by atoms with Gasteiger partial charge in [-0.3, -0.25) is 14.4 Å². The molecule has 0 aromatic carbocycles. The van der Waals surface area contributed by atoms with Crippen molar-refractivity contribution in [2.24, 2.45) is 7.05 Å². The van der Waals surface area contributed by atoms with Crippen molar-refractivity contribution < 1.29 is 4.79 Å². The molecule has 1 aromatic rings. The molecule has 6 heteroatoms. The normalized spacial score (nSPS) is 26.5. The average molecular weight is 311 g/mol. The minimum atomic E-state index is -0.0691. The van der Waals surface area contributed by atoms with Crippen molar-refractivity contribution in [1.29, 1.82) is 0 Å². The Bertz CT molecular complexity index is 556. The number of piperazine rings is 1. The van der Waals surface area contributed by atoms with Gasteiger partial charge in [-0.1, -0.05) is 18.5 Å². The molecule has 0 bridgehead atoms. The number of aromatic nitrogens is 2. The van der Waals surface area contributed by atoms with E-state index in [1.165, 1.54) is 0 Å². The van der Waals surface area contributed by atoms with E-state index >= 15 is 0 Å². The molecule has 116 valence electrons. The van der Waals surface area contributed by atoms with E-state index in [0.29, 0.717) is 17.7 Å². The summed E-state index contributed by atoms with van der Waals surface area (Å²) < 4.78 is 1.73. The molecule has 2 aliphatic heterocycles. The number of carbonyl (C=O) groups is 1. The van der Waals surface area contributed by atoms with Crippen LogP contribution >= 0.6 is 11.6 Å². The van der Waals surface area contributed by atoms with E-state index in [1.807, 2.05) is 14.0 Å². The van der Waals surface area contributed by atoms with Crippen molar-refractivity contribution in [2.75, 3.05) is 13.1 Å². The first kappa shape index (κ1) is 14.9. The minimum absolute atomic E-state index is 0.0691. The van der Waals surface area contributed by atoms with Crippen molar-refractivity contribution in [2.45, 2.75) is 51.7 Å². The highest BCUT2D eigenvalue weighted by Gasteiger charge is 2.40. The first-order chi connectivity index (χ1) is 10.0. The van der Waals surface area contributed by atoms with Gasteiger partial charge in [-0.25, -0.2) is 0 Å². The van der Waals surface area contributed by atoms with E-state index in [4.69, 9.17) is 11.6 Å². The number of aryl methyl sites for hydroxylation is 2. The van der Waals surface area contributed by atoms with Crippen LogP contribution in [-0.2, 0) is 24.8 Å². The van der Waals surface area contributed by atoms with E-state index in [2.05, 4.69) is 21.8 Å². The number of nitrogens with zero attached hydrogens (tertiary/aromatic N) is 4. The molecule has 0 spiro atoms. The number of rotatable bonds is 3. The van der Waals surface area contributed by atoms with Crippen LogP contribution in [0.5, 0.6) is 0 Å². The second kappa shape index (κ2) is 5.61. The number of hydrogen-bond acceptors (Lipinski definition) is 3. The van der Waals surface area contributed by atoms with Gasteiger partial charge in [-0.15, -0.1) is 0 Å². The summed E-state index contributed by atoms with van der Waals surface area (Å²) >= 11 is 6.39. The summed E-state index contributed by atoms with van der Waals surface area (Å²) in [5, 5.41) is 5.16. The summed E-state index contributed by atoms with van der Waals surface area (Å²) in [6.45, 7) is 6.68. The fourth-order valence-corrected chi connectivity index (χ4v) is 3.79. The maximum atomic E-state index is 12.5. The molecule has 3 rings (SSSR count). The molecule has 0 unspecified atom stereocenters. The third kappa shape index (κ3) is 2.46. The maximum absolute atomic E-state index is 12.5. The predicted octanol–water partition coefficient (Wildman–Crippen LogP) is 1.83. The average Bonchev–Trinajstić information content (AvgIpc) is 3.04. The smallest absolute Gasteiger partial charge is 0.239 e. The van der Waals surface area contributed by atoms with E-state index in [1.54, 1.807) is 4.68 Å². The van der Waals surface area contributed by atoms with Crippen LogP contribution in [0.3, 0.4) is 0 Å². The van der Waals surface area contributed by atoms with E-state index in [-0.39, 0.29) is 11.9 Å². The summed E-state index contributed by atoms with van der Waals surface area (Å²) in [4.78, 5) is 16.8. The molecular formula is C15H23ClN4O. The van der Waals surface area contributed by atoms with Crippen molar-refractivity contribution in [3.63, 3.8) is 0 Å². The van der Waals surface area contributed by atoms with Crippen molar-refractivity contribution in [1.82, 2.24) is 19.6 Å². The minimum Gasteiger partial charge on any atom is -0.337 e. The molecule has 0 N–H and O–H groups in total. The molecule has 2 fully saturated rings. The Morgan fingerprint density at radius 2 is 2.19 bits per heavy atom. The standard InChI is InChI=1S/C15H23ClN4O/c1-4-13-12(14(16)18(3)17-13)9-19-8-11-6-5-7-20(11)15(21)10(19)2/h10-11H,4-9H2,1-3H3/t10-,11+/m1/s1. The third-order valence-corrected chi connectivity index (χ3v) is 5.33. The van der Waals surface area contributed by atoms with Crippen molar-refractivity contribution in [3.05, 3.63) is 16.4 Å². The first-order valence-electron chi connectivity index (χ1n) is 7.77. The molecule has 0 aliphatic carbocycles. The lowest BCUT2D eigenvalue weighted by molar-refractivity contribution is -0.143. The van der Waals surface area contributed by atoms with Crippen molar-refractivity contribution >= 4 is 17.5 Å². The second-order valence-electron chi connectivity index (χ2n) is 6.13. The SMILES string of the molecule is CCc1nn(C)c(Cl)c1CN1C[C@@H]2CCCN2C(=O)[C@H]1C. The molecule has 2 atom stereocenters. The highest BCUT2D eigenvalue weighted by molar-refractivity contribution is 6.30. The zero-order chi connectivity index (χ0) is 15.1. The molecule has 0 saturated carbocycles. The fraction of sp³-hybridized carbons (Fsp3) is 0.733. The molecular weight excluding hydrogens is 288 g/mol. The summed E-state index contributed by atoms with van der Waals surface area (Å²) in [6, 6.07) is 0.314.